The number of ketones is 1. The van der Waals surface area contributed by atoms with Gasteiger partial charge in [-0.15, -0.1) is 11.3 Å². The van der Waals surface area contributed by atoms with Gasteiger partial charge in [0.2, 0.25) is 5.78 Å². The van der Waals surface area contributed by atoms with Crippen LogP contribution >= 0.6 is 11.3 Å². The van der Waals surface area contributed by atoms with Crippen LogP contribution in [0.3, 0.4) is 0 Å². The van der Waals surface area contributed by atoms with Gasteiger partial charge in [-0.25, -0.2) is 4.98 Å². The lowest BCUT2D eigenvalue weighted by Crippen LogP contribution is -2.41. The van der Waals surface area contributed by atoms with Gasteiger partial charge in [-0.3, -0.25) is 14.6 Å². The molecule has 2 aliphatic rings. The van der Waals surface area contributed by atoms with E-state index in [1.54, 1.807) is 24.2 Å². The normalized spacial score (nSPS) is 19.4. The van der Waals surface area contributed by atoms with E-state index in [-0.39, 0.29) is 17.4 Å². The van der Waals surface area contributed by atoms with E-state index in [0.29, 0.717) is 10.6 Å². The minimum Gasteiger partial charge on any atom is -0.503 e. The Bertz CT molecular complexity index is 1210. The zero-order chi connectivity index (χ0) is 22.9. The van der Waals surface area contributed by atoms with Crippen molar-refractivity contribution in [3.63, 3.8) is 0 Å². The third-order valence-electron chi connectivity index (χ3n) is 6.50. The number of benzene rings is 1. The summed E-state index contributed by atoms with van der Waals surface area (Å²) in [7, 11) is 0. The van der Waals surface area contributed by atoms with Crippen LogP contribution in [0.1, 0.15) is 59.1 Å². The number of Topliss-reactive ketones (excluding diaryl/α,β-unsaturated/α-hetero) is 1. The third kappa shape index (κ3) is 3.86. The van der Waals surface area contributed by atoms with Gasteiger partial charge in [0.15, 0.2) is 5.76 Å². The second-order valence-electron chi connectivity index (χ2n) is 8.58. The van der Waals surface area contributed by atoms with Gasteiger partial charge in [0, 0.05) is 24.0 Å². The highest BCUT2D eigenvalue weighted by Gasteiger charge is 2.47. The Morgan fingerprint density at radius 3 is 2.45 bits per heavy atom. The molecule has 1 aromatic carbocycles. The summed E-state index contributed by atoms with van der Waals surface area (Å²) in [6, 6.07) is 12.7. The Labute approximate surface area is 196 Å². The first-order valence-electron chi connectivity index (χ1n) is 11.3. The molecule has 0 spiro atoms. The van der Waals surface area contributed by atoms with Crippen molar-refractivity contribution in [3.05, 3.63) is 82.3 Å². The molecule has 0 radical (unpaired) electrons. The van der Waals surface area contributed by atoms with E-state index in [2.05, 4.69) is 9.97 Å². The molecule has 1 amide bonds. The van der Waals surface area contributed by atoms with E-state index in [1.165, 1.54) is 11.3 Å². The smallest absolute Gasteiger partial charge is 0.290 e. The predicted octanol–water partition coefficient (Wildman–Crippen LogP) is 5.42. The van der Waals surface area contributed by atoms with Gasteiger partial charge in [-0.1, -0.05) is 49.6 Å². The number of amides is 1. The molecule has 0 saturated heterocycles. The number of aromatic nitrogens is 2. The summed E-state index contributed by atoms with van der Waals surface area (Å²) < 4.78 is 0. The van der Waals surface area contributed by atoms with Gasteiger partial charge in [-0.2, -0.15) is 0 Å². The molecule has 1 N–H and O–H groups in total. The molecule has 3 aromatic rings. The summed E-state index contributed by atoms with van der Waals surface area (Å²) in [6.07, 6.45) is 8.28. The zero-order valence-electron chi connectivity index (χ0n) is 18.4. The number of aryl methyl sites for hydroxylation is 1. The summed E-state index contributed by atoms with van der Waals surface area (Å²) in [4.78, 5) is 38.0. The summed E-state index contributed by atoms with van der Waals surface area (Å²) in [6.45, 7) is 1.80. The molecule has 0 bridgehead atoms. The fourth-order valence-electron chi connectivity index (χ4n) is 4.90. The lowest BCUT2D eigenvalue weighted by Gasteiger charge is -2.36. The van der Waals surface area contributed by atoms with E-state index in [1.807, 2.05) is 42.5 Å². The van der Waals surface area contributed by atoms with Crippen LogP contribution in [0.4, 0.5) is 0 Å². The molecule has 1 atom stereocenters. The van der Waals surface area contributed by atoms with Gasteiger partial charge in [0.25, 0.3) is 5.91 Å². The van der Waals surface area contributed by atoms with Crippen LogP contribution in [0, 0.1) is 6.92 Å². The van der Waals surface area contributed by atoms with Gasteiger partial charge in [0.1, 0.15) is 5.01 Å². The maximum absolute atomic E-state index is 13.8. The number of hydrogen-bond donors (Lipinski definition) is 1. The topological polar surface area (TPSA) is 83.4 Å². The number of thiazole rings is 1. The number of carbonyl (C=O) groups excluding carboxylic acids is 2. The molecule has 2 aromatic heterocycles. The van der Waals surface area contributed by atoms with E-state index in [4.69, 9.17) is 0 Å². The summed E-state index contributed by atoms with van der Waals surface area (Å²) >= 11 is 1.30. The Kier molecular flexibility index (Phi) is 5.81. The van der Waals surface area contributed by atoms with Gasteiger partial charge in [0.05, 0.1) is 22.2 Å². The van der Waals surface area contributed by atoms with Gasteiger partial charge in [-0.05, 0) is 37.5 Å². The first-order chi connectivity index (χ1) is 16.1. The van der Waals surface area contributed by atoms with Crippen LogP contribution < -0.4 is 0 Å². The van der Waals surface area contributed by atoms with Crippen LogP contribution in [0.15, 0.2) is 66.2 Å². The lowest BCUT2D eigenvalue weighted by molar-refractivity contribution is -0.132. The van der Waals surface area contributed by atoms with Crippen molar-refractivity contribution in [2.45, 2.75) is 51.1 Å². The highest BCUT2D eigenvalue weighted by Crippen LogP contribution is 2.43. The number of carbonyl (C=O) groups is 2. The molecular weight excluding hydrogens is 434 g/mol. The van der Waals surface area contributed by atoms with Crippen molar-refractivity contribution >= 4 is 23.0 Å². The average Bonchev–Trinajstić information content (AvgIpc) is 3.38. The monoisotopic (exact) mass is 459 g/mol. The van der Waals surface area contributed by atoms with Crippen molar-refractivity contribution in [2.24, 2.45) is 0 Å². The molecule has 168 valence electrons. The minimum absolute atomic E-state index is 0.000646. The van der Waals surface area contributed by atoms with E-state index >= 15 is 0 Å². The Morgan fingerprint density at radius 2 is 1.76 bits per heavy atom. The highest BCUT2D eigenvalue weighted by molar-refractivity contribution is 7.17. The Morgan fingerprint density at radius 1 is 1.06 bits per heavy atom. The molecule has 6 nitrogen and oxygen atoms in total. The van der Waals surface area contributed by atoms with Gasteiger partial charge >= 0.3 is 0 Å². The molecule has 7 heteroatoms. The first kappa shape index (κ1) is 21.5. The summed E-state index contributed by atoms with van der Waals surface area (Å²) in [5, 5.41) is 11.7. The second-order valence-corrected chi connectivity index (χ2v) is 9.58. The van der Waals surface area contributed by atoms with Gasteiger partial charge < -0.3 is 10.0 Å². The quantitative estimate of drug-likeness (QED) is 0.515. The number of aliphatic hydroxyl groups is 1. The molecule has 1 saturated carbocycles. The number of nitrogens with zero attached hydrogens (tertiary/aromatic N) is 3. The number of pyridine rings is 1. The fraction of sp³-hybridized carbons (Fsp3) is 0.308. The molecule has 5 rings (SSSR count). The van der Waals surface area contributed by atoms with E-state index in [0.717, 1.165) is 48.2 Å². The lowest BCUT2D eigenvalue weighted by atomic mass is 9.90. The molecule has 33 heavy (non-hydrogen) atoms. The number of rotatable bonds is 5. The van der Waals surface area contributed by atoms with Crippen LogP contribution in [0.25, 0.3) is 10.6 Å². The standard InChI is InChI=1S/C26H25N3O3S/c1-16-24(33-25(28-16)18-8-4-2-5-9-18)22(30)20-21(17-12-14-27-15-13-17)29(26(32)23(20)31)19-10-6-3-7-11-19/h2,4-5,8-9,12-15,19,21,31H,3,6-7,10-11H2,1H3. The van der Waals surface area contributed by atoms with Crippen molar-refractivity contribution < 1.29 is 14.7 Å². The molecule has 1 aliphatic carbocycles. The maximum atomic E-state index is 13.8. The largest absolute Gasteiger partial charge is 0.503 e. The SMILES string of the molecule is Cc1nc(-c2ccccc2)sc1C(=O)C1=C(O)C(=O)N(C2CCCCC2)C1c1ccncc1. The molecule has 1 aliphatic heterocycles. The van der Waals surface area contributed by atoms with Crippen molar-refractivity contribution in [1.29, 1.82) is 0 Å². The average molecular weight is 460 g/mol. The Balaban J connectivity index is 1.57. The van der Waals surface area contributed by atoms with Crippen molar-refractivity contribution in [1.82, 2.24) is 14.9 Å². The number of hydrogen-bond acceptors (Lipinski definition) is 6. The van der Waals surface area contributed by atoms with Crippen LogP contribution in [0.5, 0.6) is 0 Å². The first-order valence-corrected chi connectivity index (χ1v) is 12.1. The summed E-state index contributed by atoms with van der Waals surface area (Å²) in [5.74, 6) is -1.24. The van der Waals surface area contributed by atoms with E-state index < -0.39 is 17.7 Å². The maximum Gasteiger partial charge on any atom is 0.290 e. The molecule has 1 fully saturated rings. The Hall–Kier alpha value is -3.32. The molecule has 1 unspecified atom stereocenters. The van der Waals surface area contributed by atoms with Crippen LogP contribution in [0.2, 0.25) is 0 Å². The van der Waals surface area contributed by atoms with Crippen molar-refractivity contribution in [2.75, 3.05) is 0 Å². The number of aliphatic hydroxyl groups excluding tert-OH is 1. The zero-order valence-corrected chi connectivity index (χ0v) is 19.2. The second kappa shape index (κ2) is 8.90. The highest BCUT2D eigenvalue weighted by atomic mass is 32.1. The summed E-state index contributed by atoms with van der Waals surface area (Å²) in [5.41, 5.74) is 2.45. The van der Waals surface area contributed by atoms with E-state index in [9.17, 15) is 14.7 Å². The predicted molar refractivity (Wildman–Crippen MR) is 127 cm³/mol. The fourth-order valence-corrected chi connectivity index (χ4v) is 5.92. The third-order valence-corrected chi connectivity index (χ3v) is 7.71. The molecule has 3 heterocycles. The van der Waals surface area contributed by atoms with Crippen molar-refractivity contribution in [3.8, 4) is 10.6 Å². The molecular formula is C26H25N3O3S. The minimum atomic E-state index is -0.627. The van der Waals surface area contributed by atoms with Crippen LogP contribution in [-0.4, -0.2) is 37.7 Å². The van der Waals surface area contributed by atoms with Crippen LogP contribution in [-0.2, 0) is 4.79 Å².